The first kappa shape index (κ1) is 11.8. The topological polar surface area (TPSA) is 98.6 Å². The summed E-state index contributed by atoms with van der Waals surface area (Å²) in [6, 6.07) is 4.60. The average Bonchev–Trinajstić information content (AvgIpc) is 2.26. The molecule has 0 radical (unpaired) electrons. The molecule has 0 bridgehead atoms. The molecule has 0 amide bonds. The molecule has 0 heterocycles. The number of nitrogens with two attached hydrogens (primary N) is 1. The third-order valence-electron chi connectivity index (χ3n) is 3.14. The number of nitrogens with zero attached hydrogens (tertiary/aromatic N) is 1. The Morgan fingerprint density at radius 3 is 2.71 bits per heavy atom. The Hall–Kier alpha value is -1.66. The largest absolute Gasteiger partial charge is 0.497 e. The highest BCUT2D eigenvalue weighted by Gasteiger charge is 2.45. The second-order valence-electron chi connectivity index (χ2n) is 4.36. The SMILES string of the molecule is COc1ccc(C2(N)CC(O)C2)c([N+](=O)[O-])c1. The Morgan fingerprint density at radius 1 is 1.59 bits per heavy atom. The van der Waals surface area contributed by atoms with Crippen LogP contribution in [0.2, 0.25) is 0 Å². The van der Waals surface area contributed by atoms with E-state index < -0.39 is 16.6 Å². The van der Waals surface area contributed by atoms with Crippen LogP contribution < -0.4 is 10.5 Å². The second kappa shape index (κ2) is 3.97. The lowest BCUT2D eigenvalue weighted by Gasteiger charge is -2.42. The molecule has 0 aromatic heterocycles. The average molecular weight is 238 g/mol. The van der Waals surface area contributed by atoms with Crippen molar-refractivity contribution in [3.05, 3.63) is 33.9 Å². The van der Waals surface area contributed by atoms with Gasteiger partial charge in [0.1, 0.15) is 5.75 Å². The highest BCUT2D eigenvalue weighted by Crippen LogP contribution is 2.43. The van der Waals surface area contributed by atoms with Crippen molar-refractivity contribution in [1.29, 1.82) is 0 Å². The van der Waals surface area contributed by atoms with Crippen LogP contribution in [-0.4, -0.2) is 23.2 Å². The quantitative estimate of drug-likeness (QED) is 0.602. The maximum Gasteiger partial charge on any atom is 0.278 e. The number of hydrogen-bond acceptors (Lipinski definition) is 5. The summed E-state index contributed by atoms with van der Waals surface area (Å²) in [6.07, 6.45) is 0.224. The summed E-state index contributed by atoms with van der Waals surface area (Å²) in [5.41, 5.74) is 5.64. The maximum atomic E-state index is 11.0. The van der Waals surface area contributed by atoms with Crippen LogP contribution in [0.3, 0.4) is 0 Å². The van der Waals surface area contributed by atoms with E-state index in [-0.39, 0.29) is 5.69 Å². The van der Waals surface area contributed by atoms with Crippen LogP contribution in [0.5, 0.6) is 5.75 Å². The Morgan fingerprint density at radius 2 is 2.24 bits per heavy atom. The van der Waals surface area contributed by atoms with Crippen molar-refractivity contribution in [2.24, 2.45) is 5.73 Å². The molecule has 1 aromatic rings. The van der Waals surface area contributed by atoms with Crippen LogP contribution in [-0.2, 0) is 5.54 Å². The molecule has 0 aliphatic heterocycles. The number of rotatable bonds is 3. The number of hydrogen-bond donors (Lipinski definition) is 2. The summed E-state index contributed by atoms with van der Waals surface area (Å²) < 4.78 is 4.95. The second-order valence-corrected chi connectivity index (χ2v) is 4.36. The minimum atomic E-state index is -0.798. The molecule has 1 aromatic carbocycles. The third-order valence-corrected chi connectivity index (χ3v) is 3.14. The highest BCUT2D eigenvalue weighted by molar-refractivity contribution is 5.50. The lowest BCUT2D eigenvalue weighted by atomic mass is 9.70. The fourth-order valence-electron chi connectivity index (χ4n) is 2.21. The molecule has 0 atom stereocenters. The zero-order valence-corrected chi connectivity index (χ0v) is 9.42. The first-order valence-electron chi connectivity index (χ1n) is 5.26. The van der Waals surface area contributed by atoms with Gasteiger partial charge >= 0.3 is 0 Å². The molecule has 0 unspecified atom stereocenters. The van der Waals surface area contributed by atoms with Crippen LogP contribution in [0.15, 0.2) is 18.2 Å². The summed E-state index contributed by atoms with van der Waals surface area (Å²) in [5, 5.41) is 20.3. The van der Waals surface area contributed by atoms with E-state index >= 15 is 0 Å². The summed E-state index contributed by atoms with van der Waals surface area (Å²) >= 11 is 0. The number of methoxy groups -OCH3 is 1. The first-order chi connectivity index (χ1) is 7.96. The zero-order valence-electron chi connectivity index (χ0n) is 9.42. The number of aliphatic hydroxyl groups is 1. The molecule has 2 rings (SSSR count). The lowest BCUT2D eigenvalue weighted by molar-refractivity contribution is -0.386. The fraction of sp³-hybridized carbons (Fsp3) is 0.455. The smallest absolute Gasteiger partial charge is 0.278 e. The predicted molar refractivity (Wildman–Crippen MR) is 60.8 cm³/mol. The van der Waals surface area contributed by atoms with Gasteiger partial charge in [0.05, 0.1) is 35.3 Å². The van der Waals surface area contributed by atoms with Gasteiger partial charge in [0.15, 0.2) is 0 Å². The molecule has 17 heavy (non-hydrogen) atoms. The standard InChI is InChI=1S/C11H14N2O4/c1-17-8-2-3-9(10(4-8)13(15)16)11(12)5-7(14)6-11/h2-4,7,14H,5-6,12H2,1H3. The van der Waals surface area contributed by atoms with E-state index in [4.69, 9.17) is 10.5 Å². The van der Waals surface area contributed by atoms with Gasteiger partial charge < -0.3 is 15.6 Å². The van der Waals surface area contributed by atoms with Crippen LogP contribution in [0.25, 0.3) is 0 Å². The van der Waals surface area contributed by atoms with E-state index in [0.29, 0.717) is 24.2 Å². The maximum absolute atomic E-state index is 11.0. The van der Waals surface area contributed by atoms with E-state index in [2.05, 4.69) is 0 Å². The van der Waals surface area contributed by atoms with Crippen LogP contribution >= 0.6 is 0 Å². The van der Waals surface area contributed by atoms with E-state index in [1.54, 1.807) is 12.1 Å². The number of nitro groups is 1. The zero-order chi connectivity index (χ0) is 12.6. The monoisotopic (exact) mass is 238 g/mol. The first-order valence-corrected chi connectivity index (χ1v) is 5.26. The van der Waals surface area contributed by atoms with Gasteiger partial charge in [-0.3, -0.25) is 10.1 Å². The minimum absolute atomic E-state index is 0.0567. The Labute approximate surface area is 98.2 Å². The van der Waals surface area contributed by atoms with E-state index in [1.807, 2.05) is 0 Å². The molecule has 1 saturated carbocycles. The minimum Gasteiger partial charge on any atom is -0.497 e. The van der Waals surface area contributed by atoms with Crippen molar-refractivity contribution >= 4 is 5.69 Å². The van der Waals surface area contributed by atoms with Crippen molar-refractivity contribution in [2.75, 3.05) is 7.11 Å². The fourth-order valence-corrected chi connectivity index (χ4v) is 2.21. The number of benzene rings is 1. The summed E-state index contributed by atoms with van der Waals surface area (Å²) in [5.74, 6) is 0.420. The highest BCUT2D eigenvalue weighted by atomic mass is 16.6. The molecule has 3 N–H and O–H groups in total. The molecule has 0 spiro atoms. The van der Waals surface area contributed by atoms with Crippen molar-refractivity contribution in [1.82, 2.24) is 0 Å². The van der Waals surface area contributed by atoms with Crippen LogP contribution in [0, 0.1) is 10.1 Å². The third kappa shape index (κ3) is 1.96. The van der Waals surface area contributed by atoms with Crippen LogP contribution in [0.4, 0.5) is 5.69 Å². The van der Waals surface area contributed by atoms with Crippen molar-refractivity contribution < 1.29 is 14.8 Å². The molecular weight excluding hydrogens is 224 g/mol. The normalized spacial score (nSPS) is 27.4. The van der Waals surface area contributed by atoms with Gasteiger partial charge in [-0.1, -0.05) is 0 Å². The van der Waals surface area contributed by atoms with E-state index in [1.165, 1.54) is 13.2 Å². The predicted octanol–water partition coefficient (Wildman–Crippen LogP) is 0.912. The number of ether oxygens (including phenoxy) is 1. The molecule has 1 aliphatic rings. The van der Waals surface area contributed by atoms with Crippen molar-refractivity contribution in [3.8, 4) is 5.75 Å². The summed E-state index contributed by atoms with van der Waals surface area (Å²) in [7, 11) is 1.45. The van der Waals surface area contributed by atoms with E-state index in [0.717, 1.165) is 0 Å². The number of nitro benzene ring substituents is 1. The van der Waals surface area contributed by atoms with Crippen LogP contribution in [0.1, 0.15) is 18.4 Å². The molecule has 6 heteroatoms. The molecule has 0 saturated heterocycles. The summed E-state index contributed by atoms with van der Waals surface area (Å²) in [6.45, 7) is 0. The van der Waals surface area contributed by atoms with Gasteiger partial charge in [-0.2, -0.15) is 0 Å². The van der Waals surface area contributed by atoms with Gasteiger partial charge in [-0.05, 0) is 25.0 Å². The molecule has 1 aliphatic carbocycles. The Balaban J connectivity index is 2.43. The molecule has 92 valence electrons. The Bertz CT molecular complexity index is 455. The van der Waals surface area contributed by atoms with Crippen molar-refractivity contribution in [3.63, 3.8) is 0 Å². The van der Waals surface area contributed by atoms with Gasteiger partial charge in [0.2, 0.25) is 0 Å². The van der Waals surface area contributed by atoms with Gasteiger partial charge in [-0.25, -0.2) is 0 Å². The molecular formula is C11H14N2O4. The molecule has 1 fully saturated rings. The number of aliphatic hydroxyl groups excluding tert-OH is 1. The lowest BCUT2D eigenvalue weighted by Crippen LogP contribution is -2.51. The van der Waals surface area contributed by atoms with Gasteiger partial charge in [0, 0.05) is 0 Å². The van der Waals surface area contributed by atoms with Gasteiger partial charge in [0.25, 0.3) is 5.69 Å². The van der Waals surface area contributed by atoms with Crippen molar-refractivity contribution in [2.45, 2.75) is 24.5 Å². The van der Waals surface area contributed by atoms with E-state index in [9.17, 15) is 15.2 Å². The summed E-state index contributed by atoms with van der Waals surface area (Å²) in [4.78, 5) is 10.5. The molecule has 6 nitrogen and oxygen atoms in total. The Kier molecular flexibility index (Phi) is 2.76. The van der Waals surface area contributed by atoms with Gasteiger partial charge in [-0.15, -0.1) is 0 Å².